The molecule has 0 radical (unpaired) electrons. The van der Waals surface area contributed by atoms with Gasteiger partial charge in [-0.1, -0.05) is 66.7 Å². The van der Waals surface area contributed by atoms with Crippen LogP contribution in [0.25, 0.3) is 0 Å². The van der Waals surface area contributed by atoms with E-state index in [9.17, 15) is 4.79 Å². The first-order valence-corrected chi connectivity index (χ1v) is 7.81. The van der Waals surface area contributed by atoms with Gasteiger partial charge in [0.1, 0.15) is 5.71 Å². The second-order valence-electron chi connectivity index (χ2n) is 5.35. The van der Waals surface area contributed by atoms with Gasteiger partial charge < -0.3 is 0 Å². The minimum Gasteiger partial charge on any atom is -0.293 e. The van der Waals surface area contributed by atoms with E-state index < -0.39 is 0 Å². The Balaban J connectivity index is 2.13. The number of ketones is 1. The minimum absolute atomic E-state index is 0.0712. The Kier molecular flexibility index (Phi) is 4.82. The van der Waals surface area contributed by atoms with Crippen LogP contribution in [-0.2, 0) is 4.79 Å². The van der Waals surface area contributed by atoms with Crippen molar-refractivity contribution in [3.8, 4) is 0 Å². The third kappa shape index (κ3) is 3.58. The van der Waals surface area contributed by atoms with Crippen molar-refractivity contribution < 1.29 is 4.79 Å². The lowest BCUT2D eigenvalue weighted by molar-refractivity contribution is -0.111. The first kappa shape index (κ1) is 15.7. The lowest BCUT2D eigenvalue weighted by atomic mass is 10.1. The van der Waals surface area contributed by atoms with Gasteiger partial charge in [0.05, 0.1) is 11.4 Å². The van der Waals surface area contributed by atoms with Crippen molar-refractivity contribution in [2.24, 2.45) is 5.10 Å². The first-order chi connectivity index (χ1) is 11.8. The van der Waals surface area contributed by atoms with Gasteiger partial charge in [0.2, 0.25) is 0 Å². The van der Waals surface area contributed by atoms with E-state index >= 15 is 0 Å². The largest absolute Gasteiger partial charge is 0.293 e. The molecular weight excluding hydrogens is 296 g/mol. The zero-order valence-electron chi connectivity index (χ0n) is 13.5. The summed E-state index contributed by atoms with van der Waals surface area (Å²) in [6.45, 7) is 1.54. The third-order valence-electron chi connectivity index (χ3n) is 3.58. The van der Waals surface area contributed by atoms with Crippen LogP contribution in [0.4, 0.5) is 11.4 Å². The molecule has 3 nitrogen and oxygen atoms in total. The average molecular weight is 314 g/mol. The molecule has 0 saturated carbocycles. The topological polar surface area (TPSA) is 32.7 Å². The Hall–Kier alpha value is -3.20. The molecule has 0 aliphatic heterocycles. The van der Waals surface area contributed by atoms with E-state index in [4.69, 9.17) is 0 Å². The van der Waals surface area contributed by atoms with Crippen LogP contribution in [-0.4, -0.2) is 11.5 Å². The van der Waals surface area contributed by atoms with Crippen LogP contribution in [0.2, 0.25) is 0 Å². The van der Waals surface area contributed by atoms with Gasteiger partial charge in [0.15, 0.2) is 5.78 Å². The molecule has 0 fully saturated rings. The van der Waals surface area contributed by atoms with Crippen molar-refractivity contribution in [2.45, 2.75) is 6.92 Å². The number of carbonyl (C=O) groups is 1. The molecule has 0 spiro atoms. The third-order valence-corrected chi connectivity index (χ3v) is 3.58. The Morgan fingerprint density at radius 2 is 1.12 bits per heavy atom. The predicted octanol–water partition coefficient (Wildman–Crippen LogP) is 4.82. The van der Waals surface area contributed by atoms with Crippen LogP contribution in [0.1, 0.15) is 12.5 Å². The van der Waals surface area contributed by atoms with E-state index in [0.717, 1.165) is 16.9 Å². The van der Waals surface area contributed by atoms with E-state index in [1.54, 1.807) is 11.9 Å². The molecule has 0 aliphatic rings. The Labute approximate surface area is 141 Å². The van der Waals surface area contributed by atoms with Gasteiger partial charge in [-0.15, -0.1) is 0 Å². The van der Waals surface area contributed by atoms with Crippen molar-refractivity contribution in [3.63, 3.8) is 0 Å². The van der Waals surface area contributed by atoms with Crippen LogP contribution in [0.5, 0.6) is 0 Å². The van der Waals surface area contributed by atoms with Crippen molar-refractivity contribution in [2.75, 3.05) is 5.01 Å². The molecule has 0 heterocycles. The summed E-state index contributed by atoms with van der Waals surface area (Å²) in [5.74, 6) is -0.0712. The standard InChI is InChI=1S/C21H18N2O/c1-17(24)21(18-11-5-2-6-12-18)22-23(19-13-7-3-8-14-19)20-15-9-4-10-16-20/h2-16H,1H3/b22-21-. The van der Waals surface area contributed by atoms with Gasteiger partial charge in [0, 0.05) is 12.5 Å². The summed E-state index contributed by atoms with van der Waals surface area (Å²) >= 11 is 0. The van der Waals surface area contributed by atoms with Gasteiger partial charge in [-0.2, -0.15) is 5.10 Å². The number of benzene rings is 3. The highest BCUT2D eigenvalue weighted by molar-refractivity contribution is 6.45. The van der Waals surface area contributed by atoms with E-state index in [0.29, 0.717) is 5.71 Å². The maximum Gasteiger partial charge on any atom is 0.180 e. The lowest BCUT2D eigenvalue weighted by Crippen LogP contribution is -2.19. The summed E-state index contributed by atoms with van der Waals surface area (Å²) in [6.07, 6.45) is 0. The zero-order chi connectivity index (χ0) is 16.8. The number of hydrogen-bond donors (Lipinski definition) is 0. The molecule has 0 saturated heterocycles. The fraction of sp³-hybridized carbons (Fsp3) is 0.0476. The van der Waals surface area contributed by atoms with Crippen LogP contribution in [0.15, 0.2) is 96.1 Å². The quantitative estimate of drug-likeness (QED) is 0.500. The van der Waals surface area contributed by atoms with Gasteiger partial charge in [0.25, 0.3) is 0 Å². The number of hydrazone groups is 1. The van der Waals surface area contributed by atoms with E-state index in [1.165, 1.54) is 0 Å². The summed E-state index contributed by atoms with van der Waals surface area (Å²) in [7, 11) is 0. The smallest absolute Gasteiger partial charge is 0.180 e. The molecule has 3 heteroatoms. The van der Waals surface area contributed by atoms with Crippen LogP contribution in [0, 0.1) is 0 Å². The van der Waals surface area contributed by atoms with E-state index in [2.05, 4.69) is 5.10 Å². The zero-order valence-corrected chi connectivity index (χ0v) is 13.5. The van der Waals surface area contributed by atoms with Crippen molar-refractivity contribution in [3.05, 3.63) is 96.6 Å². The maximum atomic E-state index is 12.2. The molecule has 0 aliphatic carbocycles. The highest BCUT2D eigenvalue weighted by Gasteiger charge is 2.14. The number of anilines is 2. The van der Waals surface area contributed by atoms with E-state index in [1.807, 2.05) is 91.0 Å². The predicted molar refractivity (Wildman–Crippen MR) is 98.7 cm³/mol. The molecule has 0 bridgehead atoms. The Morgan fingerprint density at radius 1 is 0.708 bits per heavy atom. The number of nitrogens with zero attached hydrogens (tertiary/aromatic N) is 2. The van der Waals surface area contributed by atoms with Crippen molar-refractivity contribution in [1.29, 1.82) is 0 Å². The molecule has 118 valence electrons. The Morgan fingerprint density at radius 3 is 1.54 bits per heavy atom. The highest BCUT2D eigenvalue weighted by Crippen LogP contribution is 2.26. The van der Waals surface area contributed by atoms with Gasteiger partial charge in [-0.25, -0.2) is 5.01 Å². The second kappa shape index (κ2) is 7.38. The van der Waals surface area contributed by atoms with Crippen LogP contribution >= 0.6 is 0 Å². The summed E-state index contributed by atoms with van der Waals surface area (Å²) in [5.41, 5.74) is 3.04. The number of hydrogen-bond acceptors (Lipinski definition) is 3. The second-order valence-corrected chi connectivity index (χ2v) is 5.35. The molecule has 0 unspecified atom stereocenters. The molecule has 0 amide bonds. The molecule has 3 aromatic rings. The summed E-state index contributed by atoms with van der Waals surface area (Å²) in [6, 6.07) is 29.2. The van der Waals surface area contributed by atoms with Gasteiger partial charge in [-0.05, 0) is 24.3 Å². The van der Waals surface area contributed by atoms with Gasteiger partial charge in [-0.3, -0.25) is 4.79 Å². The number of rotatable bonds is 5. The number of carbonyl (C=O) groups excluding carboxylic acids is 1. The lowest BCUT2D eigenvalue weighted by Gasteiger charge is -2.20. The van der Waals surface area contributed by atoms with E-state index in [-0.39, 0.29) is 5.78 Å². The average Bonchev–Trinajstić information content (AvgIpc) is 2.64. The van der Waals surface area contributed by atoms with Crippen LogP contribution in [0.3, 0.4) is 0 Å². The maximum absolute atomic E-state index is 12.2. The summed E-state index contributed by atoms with van der Waals surface area (Å²) in [5, 5.41) is 6.48. The normalized spacial score (nSPS) is 11.1. The summed E-state index contributed by atoms with van der Waals surface area (Å²) in [4.78, 5) is 12.2. The SMILES string of the molecule is CC(=O)/C(=N/N(c1ccccc1)c1ccccc1)c1ccccc1. The molecule has 3 aromatic carbocycles. The molecular formula is C21H18N2O. The van der Waals surface area contributed by atoms with Crippen LogP contribution < -0.4 is 5.01 Å². The van der Waals surface area contributed by atoms with Crippen molar-refractivity contribution >= 4 is 22.9 Å². The fourth-order valence-electron chi connectivity index (χ4n) is 2.43. The molecule has 24 heavy (non-hydrogen) atoms. The molecule has 0 aromatic heterocycles. The Bertz CT molecular complexity index is 788. The molecule has 0 N–H and O–H groups in total. The first-order valence-electron chi connectivity index (χ1n) is 7.81. The van der Waals surface area contributed by atoms with Crippen molar-refractivity contribution in [1.82, 2.24) is 0 Å². The van der Waals surface area contributed by atoms with Gasteiger partial charge >= 0.3 is 0 Å². The highest BCUT2D eigenvalue weighted by atomic mass is 16.1. The summed E-state index contributed by atoms with van der Waals surface area (Å²) < 4.78 is 0. The monoisotopic (exact) mass is 314 g/mol. The fourth-order valence-corrected chi connectivity index (χ4v) is 2.43. The minimum atomic E-state index is -0.0712. The molecule has 3 rings (SSSR count). The molecule has 0 atom stereocenters. The number of para-hydroxylation sites is 2. The number of Topliss-reactive ketones (excluding diaryl/α,β-unsaturated/α-hetero) is 1.